The lowest BCUT2D eigenvalue weighted by molar-refractivity contribution is 0.473. The van der Waals surface area contributed by atoms with E-state index in [0.29, 0.717) is 0 Å². The van der Waals surface area contributed by atoms with Crippen LogP contribution in [0.3, 0.4) is 0 Å². The normalized spacial score (nSPS) is 10.8. The van der Waals surface area contributed by atoms with Crippen molar-refractivity contribution < 1.29 is 17.9 Å². The van der Waals surface area contributed by atoms with Gasteiger partial charge in [-0.2, -0.15) is 5.26 Å². The summed E-state index contributed by atoms with van der Waals surface area (Å²) < 4.78 is 39.7. The Hall–Kier alpha value is -2.59. The van der Waals surface area contributed by atoms with Gasteiger partial charge in [0.1, 0.15) is 11.6 Å². The molecule has 0 aliphatic carbocycles. The molecule has 102 valence electrons. The highest BCUT2D eigenvalue weighted by Crippen LogP contribution is 2.22. The van der Waals surface area contributed by atoms with E-state index in [4.69, 9.17) is 5.26 Å². The van der Waals surface area contributed by atoms with Gasteiger partial charge in [-0.25, -0.2) is 12.8 Å². The van der Waals surface area contributed by atoms with Crippen LogP contribution in [0, 0.1) is 17.1 Å². The van der Waals surface area contributed by atoms with Gasteiger partial charge in [-0.3, -0.25) is 4.72 Å². The number of hydrogen-bond acceptors (Lipinski definition) is 4. The Morgan fingerprint density at radius 3 is 2.55 bits per heavy atom. The van der Waals surface area contributed by atoms with Gasteiger partial charge in [0, 0.05) is 6.07 Å². The summed E-state index contributed by atoms with van der Waals surface area (Å²) in [4.78, 5) is -0.193. The van der Waals surface area contributed by atoms with Crippen molar-refractivity contribution in [2.45, 2.75) is 4.90 Å². The van der Waals surface area contributed by atoms with Crippen LogP contribution in [-0.2, 0) is 10.0 Å². The zero-order chi connectivity index (χ0) is 14.8. The van der Waals surface area contributed by atoms with Crippen LogP contribution in [0.25, 0.3) is 0 Å². The van der Waals surface area contributed by atoms with Crippen molar-refractivity contribution in [1.82, 2.24) is 0 Å². The summed E-state index contributed by atoms with van der Waals surface area (Å²) in [7, 11) is -4.01. The molecule has 0 saturated heterocycles. The zero-order valence-electron chi connectivity index (χ0n) is 10.0. The first kappa shape index (κ1) is 13.8. The van der Waals surface area contributed by atoms with Crippen LogP contribution in [0.5, 0.6) is 5.75 Å². The molecule has 0 aliphatic heterocycles. The molecule has 0 radical (unpaired) electrons. The molecular weight excluding hydrogens is 283 g/mol. The Labute approximate surface area is 115 Å². The fourth-order valence-electron chi connectivity index (χ4n) is 1.52. The lowest BCUT2D eigenvalue weighted by Gasteiger charge is -2.09. The van der Waals surface area contributed by atoms with E-state index >= 15 is 0 Å². The summed E-state index contributed by atoms with van der Waals surface area (Å²) >= 11 is 0. The minimum Gasteiger partial charge on any atom is -0.508 e. The summed E-state index contributed by atoms with van der Waals surface area (Å²) in [6, 6.07) is 10.1. The summed E-state index contributed by atoms with van der Waals surface area (Å²) in [6.07, 6.45) is 0. The highest BCUT2D eigenvalue weighted by molar-refractivity contribution is 7.92. The number of aromatic hydroxyl groups is 1. The molecule has 2 N–H and O–H groups in total. The van der Waals surface area contributed by atoms with Crippen LogP contribution in [0.2, 0.25) is 0 Å². The van der Waals surface area contributed by atoms with E-state index in [1.54, 1.807) is 6.07 Å². The molecule has 7 heteroatoms. The van der Waals surface area contributed by atoms with Gasteiger partial charge in [0.2, 0.25) is 0 Å². The molecule has 0 saturated carbocycles. The van der Waals surface area contributed by atoms with Gasteiger partial charge in [-0.05, 0) is 30.3 Å². The Morgan fingerprint density at radius 2 is 1.95 bits per heavy atom. The minimum absolute atomic E-state index is 0.0859. The Balaban J connectivity index is 2.36. The molecule has 20 heavy (non-hydrogen) atoms. The largest absolute Gasteiger partial charge is 0.508 e. The summed E-state index contributed by atoms with van der Waals surface area (Å²) in [6.45, 7) is 0. The third-order valence-electron chi connectivity index (χ3n) is 2.47. The third kappa shape index (κ3) is 2.87. The second-order valence-electron chi connectivity index (χ2n) is 3.91. The number of phenols is 1. The van der Waals surface area contributed by atoms with E-state index in [2.05, 4.69) is 4.72 Å². The molecular formula is C13H9FN2O3S. The van der Waals surface area contributed by atoms with Crippen LogP contribution >= 0.6 is 0 Å². The van der Waals surface area contributed by atoms with Crippen molar-refractivity contribution in [2.75, 3.05) is 4.72 Å². The molecule has 0 fully saturated rings. The minimum atomic E-state index is -4.01. The first-order valence-corrected chi connectivity index (χ1v) is 6.92. The van der Waals surface area contributed by atoms with E-state index < -0.39 is 15.8 Å². The maximum absolute atomic E-state index is 13.6. The van der Waals surface area contributed by atoms with Crippen molar-refractivity contribution in [3.05, 3.63) is 53.8 Å². The quantitative estimate of drug-likeness (QED) is 0.907. The smallest absolute Gasteiger partial charge is 0.262 e. The number of nitrogens with zero attached hydrogens (tertiary/aromatic N) is 1. The SMILES string of the molecule is N#Cc1ccc(NS(=O)(=O)c2cccc(O)c2)c(F)c1. The van der Waals surface area contributed by atoms with Gasteiger partial charge in [0.05, 0.1) is 22.2 Å². The number of hydrogen-bond donors (Lipinski definition) is 2. The molecule has 2 rings (SSSR count). The molecule has 0 aliphatic rings. The van der Waals surface area contributed by atoms with Crippen LogP contribution in [0.4, 0.5) is 10.1 Å². The average molecular weight is 292 g/mol. The fraction of sp³-hybridized carbons (Fsp3) is 0. The summed E-state index contributed by atoms with van der Waals surface area (Å²) in [5.41, 5.74) is -0.185. The van der Waals surface area contributed by atoms with Crippen molar-refractivity contribution in [3.8, 4) is 11.8 Å². The molecule has 0 bridgehead atoms. The van der Waals surface area contributed by atoms with E-state index in [1.165, 1.54) is 24.3 Å². The lowest BCUT2D eigenvalue weighted by Crippen LogP contribution is -2.13. The van der Waals surface area contributed by atoms with E-state index in [9.17, 15) is 17.9 Å². The molecule has 0 amide bonds. The molecule has 5 nitrogen and oxygen atoms in total. The van der Waals surface area contributed by atoms with Crippen LogP contribution in [0.15, 0.2) is 47.4 Å². The van der Waals surface area contributed by atoms with Crippen molar-refractivity contribution in [1.29, 1.82) is 5.26 Å². The maximum atomic E-state index is 13.6. The van der Waals surface area contributed by atoms with Crippen LogP contribution < -0.4 is 4.72 Å². The van der Waals surface area contributed by atoms with Crippen molar-refractivity contribution in [2.24, 2.45) is 0 Å². The Kier molecular flexibility index (Phi) is 3.59. The third-order valence-corrected chi connectivity index (χ3v) is 3.83. The number of benzene rings is 2. The highest BCUT2D eigenvalue weighted by Gasteiger charge is 2.16. The van der Waals surface area contributed by atoms with Crippen LogP contribution in [0.1, 0.15) is 5.56 Å². The predicted octanol–water partition coefficient (Wildman–Crippen LogP) is 2.20. The van der Waals surface area contributed by atoms with Gasteiger partial charge < -0.3 is 5.11 Å². The molecule has 2 aromatic rings. The summed E-state index contributed by atoms with van der Waals surface area (Å²) in [5, 5.41) is 17.9. The molecule has 0 aromatic heterocycles. The van der Waals surface area contributed by atoms with E-state index in [-0.39, 0.29) is 21.9 Å². The first-order valence-electron chi connectivity index (χ1n) is 5.44. The molecule has 2 aromatic carbocycles. The second kappa shape index (κ2) is 5.19. The van der Waals surface area contributed by atoms with Gasteiger partial charge >= 0.3 is 0 Å². The highest BCUT2D eigenvalue weighted by atomic mass is 32.2. The van der Waals surface area contributed by atoms with Crippen LogP contribution in [-0.4, -0.2) is 13.5 Å². The van der Waals surface area contributed by atoms with Gasteiger partial charge in [-0.1, -0.05) is 6.07 Å². The van der Waals surface area contributed by atoms with Gasteiger partial charge in [0.25, 0.3) is 10.0 Å². The second-order valence-corrected chi connectivity index (χ2v) is 5.59. The predicted molar refractivity (Wildman–Crippen MR) is 70.0 cm³/mol. The average Bonchev–Trinajstić information content (AvgIpc) is 2.41. The number of halogens is 1. The van der Waals surface area contributed by atoms with E-state index in [1.807, 2.05) is 0 Å². The monoisotopic (exact) mass is 292 g/mol. The van der Waals surface area contributed by atoms with Crippen molar-refractivity contribution >= 4 is 15.7 Å². The van der Waals surface area contributed by atoms with Gasteiger partial charge in [0.15, 0.2) is 0 Å². The lowest BCUT2D eigenvalue weighted by atomic mass is 10.2. The van der Waals surface area contributed by atoms with E-state index in [0.717, 1.165) is 18.2 Å². The fourth-order valence-corrected chi connectivity index (χ4v) is 2.63. The number of sulfonamides is 1. The summed E-state index contributed by atoms with van der Waals surface area (Å²) in [5.74, 6) is -1.07. The number of nitrogens with one attached hydrogen (secondary N) is 1. The maximum Gasteiger partial charge on any atom is 0.262 e. The number of anilines is 1. The molecule has 0 atom stereocenters. The Morgan fingerprint density at radius 1 is 1.20 bits per heavy atom. The number of nitriles is 1. The molecule has 0 heterocycles. The topological polar surface area (TPSA) is 90.2 Å². The first-order chi connectivity index (χ1) is 9.42. The van der Waals surface area contributed by atoms with Crippen molar-refractivity contribution in [3.63, 3.8) is 0 Å². The van der Waals surface area contributed by atoms with Gasteiger partial charge in [-0.15, -0.1) is 0 Å². The number of phenolic OH excluding ortho intramolecular Hbond substituents is 1. The standard InChI is InChI=1S/C13H9FN2O3S/c14-12-6-9(8-15)4-5-13(12)16-20(18,19)11-3-1-2-10(17)7-11/h1-7,16-17H. The zero-order valence-corrected chi connectivity index (χ0v) is 10.9. The Bertz CT molecular complexity index is 798. The molecule has 0 spiro atoms. The molecule has 0 unspecified atom stereocenters. The number of rotatable bonds is 3.